The van der Waals surface area contributed by atoms with Gasteiger partial charge >= 0.3 is 0 Å². The summed E-state index contributed by atoms with van der Waals surface area (Å²) in [6, 6.07) is 7.50. The first-order valence-corrected chi connectivity index (χ1v) is 6.14. The van der Waals surface area contributed by atoms with E-state index in [1.165, 1.54) is 0 Å². The van der Waals surface area contributed by atoms with Gasteiger partial charge in [0.15, 0.2) is 5.82 Å². The second kappa shape index (κ2) is 5.62. The first-order valence-electron chi connectivity index (χ1n) is 6.14. The monoisotopic (exact) mass is 261 g/mol. The summed E-state index contributed by atoms with van der Waals surface area (Å²) in [7, 11) is 1.62. The number of hydrogen-bond acceptors (Lipinski definition) is 5. The number of hydrogen-bond donors (Lipinski definition) is 3. The van der Waals surface area contributed by atoms with Crippen LogP contribution in [-0.2, 0) is 6.42 Å². The fourth-order valence-corrected chi connectivity index (χ4v) is 1.96. The molecule has 0 amide bonds. The van der Waals surface area contributed by atoms with Crippen LogP contribution in [0.2, 0.25) is 0 Å². The fraction of sp³-hybridized carbons (Fsp3) is 0.308. The fourth-order valence-electron chi connectivity index (χ4n) is 1.96. The van der Waals surface area contributed by atoms with Gasteiger partial charge < -0.3 is 21.9 Å². The quantitative estimate of drug-likeness (QED) is 0.742. The third kappa shape index (κ3) is 2.63. The highest BCUT2D eigenvalue weighted by Crippen LogP contribution is 2.25. The first-order chi connectivity index (χ1) is 9.17. The van der Waals surface area contributed by atoms with Crippen LogP contribution in [0.25, 0.3) is 5.69 Å². The molecule has 6 N–H and O–H groups in total. The topological polar surface area (TPSA) is 105 Å². The predicted molar refractivity (Wildman–Crippen MR) is 76.3 cm³/mol. The molecule has 6 nitrogen and oxygen atoms in total. The highest BCUT2D eigenvalue weighted by atomic mass is 16.5. The number of rotatable bonds is 5. The van der Waals surface area contributed by atoms with Crippen LogP contribution >= 0.6 is 0 Å². The van der Waals surface area contributed by atoms with Crippen molar-refractivity contribution in [1.29, 1.82) is 0 Å². The van der Waals surface area contributed by atoms with E-state index in [9.17, 15) is 0 Å². The average Bonchev–Trinajstić information content (AvgIpc) is 2.72. The van der Waals surface area contributed by atoms with Gasteiger partial charge in [0.05, 0.1) is 12.8 Å². The Morgan fingerprint density at radius 1 is 1.32 bits per heavy atom. The van der Waals surface area contributed by atoms with Crippen LogP contribution in [0.1, 0.15) is 12.0 Å². The van der Waals surface area contributed by atoms with Crippen molar-refractivity contribution in [2.75, 3.05) is 25.1 Å². The minimum atomic E-state index is 0.453. The molecule has 0 saturated heterocycles. The minimum Gasteiger partial charge on any atom is -0.497 e. The SMILES string of the molecule is COc1cccc(-n2nc(N)c(CCCN)c2N)c1. The van der Waals surface area contributed by atoms with Gasteiger partial charge in [-0.1, -0.05) is 6.07 Å². The van der Waals surface area contributed by atoms with Gasteiger partial charge in [0, 0.05) is 11.6 Å². The molecule has 6 heteroatoms. The van der Waals surface area contributed by atoms with Crippen LogP contribution in [0.15, 0.2) is 24.3 Å². The van der Waals surface area contributed by atoms with Crippen LogP contribution in [0.4, 0.5) is 11.6 Å². The molecule has 0 fully saturated rings. The van der Waals surface area contributed by atoms with Crippen LogP contribution in [0.3, 0.4) is 0 Å². The summed E-state index contributed by atoms with van der Waals surface area (Å²) >= 11 is 0. The van der Waals surface area contributed by atoms with Gasteiger partial charge in [0.25, 0.3) is 0 Å². The summed E-state index contributed by atoms with van der Waals surface area (Å²) in [5, 5.41) is 4.28. The highest BCUT2D eigenvalue weighted by molar-refractivity contribution is 5.58. The lowest BCUT2D eigenvalue weighted by molar-refractivity contribution is 0.414. The molecule has 0 spiro atoms. The molecule has 0 radical (unpaired) electrons. The summed E-state index contributed by atoms with van der Waals surface area (Å²) < 4.78 is 6.82. The number of benzene rings is 1. The third-order valence-corrected chi connectivity index (χ3v) is 2.98. The number of anilines is 2. The lowest BCUT2D eigenvalue weighted by Crippen LogP contribution is -2.05. The Kier molecular flexibility index (Phi) is 3.91. The number of nitrogens with zero attached hydrogens (tertiary/aromatic N) is 2. The maximum Gasteiger partial charge on any atom is 0.151 e. The van der Waals surface area contributed by atoms with Crippen molar-refractivity contribution in [3.63, 3.8) is 0 Å². The van der Waals surface area contributed by atoms with E-state index in [-0.39, 0.29) is 0 Å². The maximum absolute atomic E-state index is 6.11. The van der Waals surface area contributed by atoms with Gasteiger partial charge in [0.2, 0.25) is 0 Å². The number of nitrogen functional groups attached to an aromatic ring is 2. The second-order valence-corrected chi connectivity index (χ2v) is 4.25. The summed E-state index contributed by atoms with van der Waals surface area (Å²) in [4.78, 5) is 0. The molecule has 1 aromatic carbocycles. The lowest BCUT2D eigenvalue weighted by Gasteiger charge is -2.06. The first kappa shape index (κ1) is 13.2. The zero-order chi connectivity index (χ0) is 13.8. The molecule has 2 aromatic rings. The minimum absolute atomic E-state index is 0.453. The van der Waals surface area contributed by atoms with Crippen molar-refractivity contribution in [2.24, 2.45) is 5.73 Å². The van der Waals surface area contributed by atoms with Gasteiger partial charge in [-0.25, -0.2) is 4.68 Å². The molecule has 0 aliphatic rings. The number of methoxy groups -OCH3 is 1. The Bertz CT molecular complexity index is 564. The Morgan fingerprint density at radius 2 is 2.11 bits per heavy atom. The highest BCUT2D eigenvalue weighted by Gasteiger charge is 2.14. The molecule has 102 valence electrons. The molecule has 1 aromatic heterocycles. The van der Waals surface area contributed by atoms with Crippen LogP contribution in [-0.4, -0.2) is 23.4 Å². The largest absolute Gasteiger partial charge is 0.497 e. The number of aromatic nitrogens is 2. The molecule has 0 aliphatic carbocycles. The normalized spacial score (nSPS) is 10.6. The summed E-state index contributed by atoms with van der Waals surface area (Å²) in [5.74, 6) is 1.75. The van der Waals surface area contributed by atoms with E-state index >= 15 is 0 Å². The standard InChI is InChI=1S/C13H19N5O/c1-19-10-5-2-4-9(8-10)18-13(16)11(6-3-7-14)12(15)17-18/h2,4-5,8H,3,6-7,14,16H2,1H3,(H2,15,17). The molecular weight excluding hydrogens is 242 g/mol. The van der Waals surface area contributed by atoms with E-state index in [1.54, 1.807) is 11.8 Å². The van der Waals surface area contributed by atoms with Crippen molar-refractivity contribution >= 4 is 11.6 Å². The van der Waals surface area contributed by atoms with Gasteiger partial charge in [0.1, 0.15) is 11.6 Å². The average molecular weight is 261 g/mol. The second-order valence-electron chi connectivity index (χ2n) is 4.25. The third-order valence-electron chi connectivity index (χ3n) is 2.98. The molecule has 0 unspecified atom stereocenters. The number of nitrogens with two attached hydrogens (primary N) is 3. The molecular formula is C13H19N5O. The van der Waals surface area contributed by atoms with Crippen LogP contribution in [0.5, 0.6) is 5.75 Å². The summed E-state index contributed by atoms with van der Waals surface area (Å²) in [6.45, 7) is 0.600. The summed E-state index contributed by atoms with van der Waals surface area (Å²) in [5.41, 5.74) is 19.2. The lowest BCUT2D eigenvalue weighted by atomic mass is 10.1. The van der Waals surface area contributed by atoms with E-state index < -0.39 is 0 Å². The van der Waals surface area contributed by atoms with Gasteiger partial charge in [-0.3, -0.25) is 0 Å². The number of ether oxygens (including phenoxy) is 1. The molecule has 2 rings (SSSR count). The van der Waals surface area contributed by atoms with E-state index in [0.717, 1.165) is 29.8 Å². The smallest absolute Gasteiger partial charge is 0.151 e. The van der Waals surface area contributed by atoms with Crippen LogP contribution < -0.4 is 21.9 Å². The van der Waals surface area contributed by atoms with Crippen molar-refractivity contribution in [2.45, 2.75) is 12.8 Å². The van der Waals surface area contributed by atoms with Gasteiger partial charge in [-0.05, 0) is 31.5 Å². The predicted octanol–water partition coefficient (Wildman–Crippen LogP) is 0.937. The van der Waals surface area contributed by atoms with Crippen molar-refractivity contribution in [3.05, 3.63) is 29.8 Å². The van der Waals surface area contributed by atoms with Crippen molar-refractivity contribution < 1.29 is 4.74 Å². The molecule has 1 heterocycles. The molecule has 0 saturated carbocycles. The molecule has 19 heavy (non-hydrogen) atoms. The van der Waals surface area contributed by atoms with Crippen molar-refractivity contribution in [3.8, 4) is 11.4 Å². The maximum atomic E-state index is 6.11. The summed E-state index contributed by atoms with van der Waals surface area (Å²) in [6.07, 6.45) is 1.57. The van der Waals surface area contributed by atoms with E-state index in [0.29, 0.717) is 18.2 Å². The van der Waals surface area contributed by atoms with E-state index in [4.69, 9.17) is 21.9 Å². The van der Waals surface area contributed by atoms with Crippen LogP contribution in [0, 0.1) is 0 Å². The molecule has 0 atom stereocenters. The van der Waals surface area contributed by atoms with Crippen molar-refractivity contribution in [1.82, 2.24) is 9.78 Å². The van der Waals surface area contributed by atoms with E-state index in [2.05, 4.69) is 5.10 Å². The van der Waals surface area contributed by atoms with E-state index in [1.807, 2.05) is 24.3 Å². The van der Waals surface area contributed by atoms with Gasteiger partial charge in [-0.2, -0.15) is 0 Å². The Hall–Kier alpha value is -2.21. The molecule has 0 aliphatic heterocycles. The Labute approximate surface area is 112 Å². The Morgan fingerprint density at radius 3 is 2.79 bits per heavy atom. The zero-order valence-electron chi connectivity index (χ0n) is 11.0. The Balaban J connectivity index is 2.39. The molecule has 0 bridgehead atoms. The van der Waals surface area contributed by atoms with Gasteiger partial charge in [-0.15, -0.1) is 5.10 Å². The zero-order valence-corrected chi connectivity index (χ0v) is 11.0.